The summed E-state index contributed by atoms with van der Waals surface area (Å²) in [5.74, 6) is 0.103. The summed E-state index contributed by atoms with van der Waals surface area (Å²) in [6, 6.07) is 9.52. The SMILES string of the molecule is CCCC(=O)C(C)(N)c1ccccc1. The first kappa shape index (κ1) is 10.9. The molecule has 76 valence electrons. The summed E-state index contributed by atoms with van der Waals surface area (Å²) in [4.78, 5) is 11.7. The molecule has 1 atom stereocenters. The minimum absolute atomic E-state index is 0.103. The lowest BCUT2D eigenvalue weighted by molar-refractivity contribution is -0.123. The number of rotatable bonds is 4. The number of carbonyl (C=O) groups excluding carboxylic acids is 1. The van der Waals surface area contributed by atoms with Crippen molar-refractivity contribution in [3.8, 4) is 0 Å². The average molecular weight is 191 g/mol. The third-order valence-electron chi connectivity index (χ3n) is 2.43. The Balaban J connectivity index is 2.90. The monoisotopic (exact) mass is 191 g/mol. The number of ketones is 1. The number of nitrogens with two attached hydrogens (primary N) is 1. The Hall–Kier alpha value is -1.15. The highest BCUT2D eigenvalue weighted by Gasteiger charge is 2.28. The summed E-state index contributed by atoms with van der Waals surface area (Å²) in [5, 5.41) is 0. The number of hydrogen-bond donors (Lipinski definition) is 1. The quantitative estimate of drug-likeness (QED) is 0.793. The topological polar surface area (TPSA) is 43.1 Å². The van der Waals surface area contributed by atoms with E-state index in [-0.39, 0.29) is 5.78 Å². The molecular weight excluding hydrogens is 174 g/mol. The van der Waals surface area contributed by atoms with Crippen LogP contribution in [0.3, 0.4) is 0 Å². The number of Topliss-reactive ketones (excluding diaryl/α,β-unsaturated/α-hetero) is 1. The van der Waals surface area contributed by atoms with Gasteiger partial charge in [0.25, 0.3) is 0 Å². The molecule has 1 unspecified atom stereocenters. The Morgan fingerprint density at radius 2 is 1.93 bits per heavy atom. The second-order valence-electron chi connectivity index (χ2n) is 3.74. The van der Waals surface area contributed by atoms with Gasteiger partial charge in [-0.3, -0.25) is 4.79 Å². The van der Waals surface area contributed by atoms with Crippen LogP contribution < -0.4 is 5.73 Å². The fraction of sp³-hybridized carbons (Fsp3) is 0.417. The van der Waals surface area contributed by atoms with E-state index in [1.165, 1.54) is 0 Å². The summed E-state index contributed by atoms with van der Waals surface area (Å²) in [5.41, 5.74) is 6.07. The van der Waals surface area contributed by atoms with Gasteiger partial charge in [-0.25, -0.2) is 0 Å². The highest BCUT2D eigenvalue weighted by atomic mass is 16.1. The lowest BCUT2D eigenvalue weighted by Crippen LogP contribution is -2.41. The van der Waals surface area contributed by atoms with Gasteiger partial charge in [0, 0.05) is 6.42 Å². The molecule has 0 aromatic heterocycles. The largest absolute Gasteiger partial charge is 0.315 e. The molecule has 1 aromatic carbocycles. The average Bonchev–Trinajstić information content (AvgIpc) is 2.19. The Kier molecular flexibility index (Phi) is 3.42. The zero-order valence-electron chi connectivity index (χ0n) is 8.79. The molecule has 2 nitrogen and oxygen atoms in total. The lowest BCUT2D eigenvalue weighted by Gasteiger charge is -2.23. The highest BCUT2D eigenvalue weighted by Crippen LogP contribution is 2.20. The number of carbonyl (C=O) groups is 1. The molecular formula is C12H17NO. The molecule has 0 spiro atoms. The van der Waals surface area contributed by atoms with Gasteiger partial charge in [0.1, 0.15) is 0 Å². The standard InChI is InChI=1S/C12H17NO/c1-3-7-11(14)12(2,13)10-8-5-4-6-9-10/h4-6,8-9H,3,7,13H2,1-2H3. The van der Waals surface area contributed by atoms with Gasteiger partial charge in [0.15, 0.2) is 5.78 Å². The summed E-state index contributed by atoms with van der Waals surface area (Å²) in [6.45, 7) is 3.76. The Morgan fingerprint density at radius 1 is 1.36 bits per heavy atom. The molecule has 0 aliphatic heterocycles. The molecule has 0 radical (unpaired) electrons. The van der Waals surface area contributed by atoms with Crippen LogP contribution in [0.1, 0.15) is 32.3 Å². The molecule has 0 heterocycles. The van der Waals surface area contributed by atoms with E-state index in [2.05, 4.69) is 0 Å². The van der Waals surface area contributed by atoms with Crippen LogP contribution >= 0.6 is 0 Å². The van der Waals surface area contributed by atoms with Crippen molar-refractivity contribution in [2.75, 3.05) is 0 Å². The maximum atomic E-state index is 11.7. The van der Waals surface area contributed by atoms with Crippen LogP contribution in [0, 0.1) is 0 Å². The van der Waals surface area contributed by atoms with Crippen LogP contribution in [0.5, 0.6) is 0 Å². The van der Waals surface area contributed by atoms with E-state index in [0.29, 0.717) is 6.42 Å². The van der Waals surface area contributed by atoms with Crippen LogP contribution in [0.2, 0.25) is 0 Å². The van der Waals surface area contributed by atoms with Crippen LogP contribution in [-0.4, -0.2) is 5.78 Å². The molecule has 0 fully saturated rings. The van der Waals surface area contributed by atoms with Gasteiger partial charge in [-0.1, -0.05) is 37.3 Å². The Morgan fingerprint density at radius 3 is 2.43 bits per heavy atom. The van der Waals surface area contributed by atoms with Crippen molar-refractivity contribution in [2.45, 2.75) is 32.2 Å². The second-order valence-corrected chi connectivity index (χ2v) is 3.74. The summed E-state index contributed by atoms with van der Waals surface area (Å²) < 4.78 is 0. The van der Waals surface area contributed by atoms with E-state index in [9.17, 15) is 4.79 Å². The minimum atomic E-state index is -0.836. The Bertz CT molecular complexity index is 303. The number of benzene rings is 1. The van der Waals surface area contributed by atoms with E-state index in [0.717, 1.165) is 12.0 Å². The fourth-order valence-corrected chi connectivity index (χ4v) is 1.43. The number of hydrogen-bond acceptors (Lipinski definition) is 2. The van der Waals surface area contributed by atoms with Crippen molar-refractivity contribution in [1.82, 2.24) is 0 Å². The second kappa shape index (κ2) is 4.38. The van der Waals surface area contributed by atoms with Gasteiger partial charge >= 0.3 is 0 Å². The molecule has 0 aliphatic carbocycles. The molecule has 0 amide bonds. The van der Waals surface area contributed by atoms with Crippen molar-refractivity contribution < 1.29 is 4.79 Å². The van der Waals surface area contributed by atoms with Gasteiger partial charge in [0.2, 0.25) is 0 Å². The molecule has 1 aromatic rings. The van der Waals surface area contributed by atoms with Crippen LogP contribution in [0.25, 0.3) is 0 Å². The predicted molar refractivity (Wildman–Crippen MR) is 57.9 cm³/mol. The third kappa shape index (κ3) is 2.20. The van der Waals surface area contributed by atoms with Gasteiger partial charge < -0.3 is 5.73 Å². The smallest absolute Gasteiger partial charge is 0.156 e. The minimum Gasteiger partial charge on any atom is -0.315 e. The molecule has 0 saturated heterocycles. The molecule has 0 bridgehead atoms. The molecule has 2 heteroatoms. The first-order valence-corrected chi connectivity index (χ1v) is 4.96. The third-order valence-corrected chi connectivity index (χ3v) is 2.43. The van der Waals surface area contributed by atoms with E-state index in [1.807, 2.05) is 37.3 Å². The van der Waals surface area contributed by atoms with Crippen molar-refractivity contribution in [2.24, 2.45) is 5.73 Å². The Labute approximate surface area is 85.1 Å². The van der Waals surface area contributed by atoms with E-state index in [1.54, 1.807) is 6.92 Å². The first-order valence-electron chi connectivity index (χ1n) is 4.96. The summed E-state index contributed by atoms with van der Waals surface area (Å²) in [7, 11) is 0. The van der Waals surface area contributed by atoms with E-state index in [4.69, 9.17) is 5.73 Å². The molecule has 2 N–H and O–H groups in total. The van der Waals surface area contributed by atoms with Crippen LogP contribution in [0.4, 0.5) is 0 Å². The highest BCUT2D eigenvalue weighted by molar-refractivity contribution is 5.88. The van der Waals surface area contributed by atoms with Crippen molar-refractivity contribution in [3.63, 3.8) is 0 Å². The van der Waals surface area contributed by atoms with Gasteiger partial charge in [0.05, 0.1) is 5.54 Å². The molecule has 14 heavy (non-hydrogen) atoms. The summed E-state index contributed by atoms with van der Waals surface area (Å²) >= 11 is 0. The van der Waals surface area contributed by atoms with Gasteiger partial charge in [-0.05, 0) is 18.9 Å². The van der Waals surface area contributed by atoms with E-state index < -0.39 is 5.54 Å². The van der Waals surface area contributed by atoms with Gasteiger partial charge in [-0.15, -0.1) is 0 Å². The van der Waals surface area contributed by atoms with Crippen LogP contribution in [-0.2, 0) is 10.3 Å². The van der Waals surface area contributed by atoms with Crippen molar-refractivity contribution >= 4 is 5.78 Å². The normalized spacial score (nSPS) is 14.8. The fourth-order valence-electron chi connectivity index (χ4n) is 1.43. The van der Waals surface area contributed by atoms with E-state index >= 15 is 0 Å². The first-order chi connectivity index (χ1) is 6.59. The zero-order valence-corrected chi connectivity index (χ0v) is 8.79. The van der Waals surface area contributed by atoms with Crippen LogP contribution in [0.15, 0.2) is 30.3 Å². The van der Waals surface area contributed by atoms with Gasteiger partial charge in [-0.2, -0.15) is 0 Å². The molecule has 0 saturated carbocycles. The predicted octanol–water partition coefficient (Wildman–Crippen LogP) is 2.23. The summed E-state index contributed by atoms with van der Waals surface area (Å²) in [6.07, 6.45) is 1.39. The zero-order chi connectivity index (χ0) is 10.6. The van der Waals surface area contributed by atoms with Crippen molar-refractivity contribution in [3.05, 3.63) is 35.9 Å². The van der Waals surface area contributed by atoms with Crippen molar-refractivity contribution in [1.29, 1.82) is 0 Å². The maximum absolute atomic E-state index is 11.7. The lowest BCUT2D eigenvalue weighted by atomic mass is 9.87. The maximum Gasteiger partial charge on any atom is 0.156 e. The molecule has 1 rings (SSSR count). The molecule has 0 aliphatic rings.